The van der Waals surface area contributed by atoms with E-state index >= 15 is 4.79 Å². The van der Waals surface area contributed by atoms with Crippen molar-refractivity contribution in [2.24, 2.45) is 50.2 Å². The highest BCUT2D eigenvalue weighted by molar-refractivity contribution is 5.79. The Balaban J connectivity index is 0.833. The van der Waals surface area contributed by atoms with Crippen molar-refractivity contribution in [1.29, 1.82) is 0 Å². The fourth-order valence-electron chi connectivity index (χ4n) is 17.5. The summed E-state index contributed by atoms with van der Waals surface area (Å²) in [6.45, 7) is 14.3. The Morgan fingerprint density at radius 3 is 1.76 bits per heavy atom. The monoisotopic (exact) mass is 1220 g/mol. The van der Waals surface area contributed by atoms with Crippen molar-refractivity contribution in [3.63, 3.8) is 0 Å². The first-order valence-electron chi connectivity index (χ1n) is 30.6. The lowest BCUT2D eigenvalue weighted by Crippen LogP contribution is -2.67. The first-order chi connectivity index (χ1) is 39.8. The molecule has 5 heterocycles. The largest absolute Gasteiger partial charge is 0.432 e. The maximum absolute atomic E-state index is 15.2. The fraction of sp³-hybridized carbons (Fsp3) is 0.949. The normalized spacial score (nSPS) is 55.3. The van der Waals surface area contributed by atoms with Crippen LogP contribution in [0.4, 0.5) is 0 Å². The molecule has 5 aliphatic heterocycles. The van der Waals surface area contributed by atoms with Crippen molar-refractivity contribution in [2.75, 3.05) is 26.4 Å². The quantitative estimate of drug-likeness (QED) is 0.0513. The van der Waals surface area contributed by atoms with Gasteiger partial charge in [-0.25, -0.2) is 0 Å². The molecule has 9 fully saturated rings. The summed E-state index contributed by atoms with van der Waals surface area (Å²) in [5.41, 5.74) is -1.93. The second-order valence-electron chi connectivity index (χ2n) is 28.5. The average Bonchev–Trinajstić information content (AvgIpc) is 0.692. The molecular formula is C59H96O26. The van der Waals surface area contributed by atoms with Crippen molar-refractivity contribution in [1.82, 2.24) is 0 Å². The lowest BCUT2D eigenvalue weighted by atomic mass is 9.33. The lowest BCUT2D eigenvalue weighted by molar-refractivity contribution is -0.365. The third kappa shape index (κ3) is 11.1. The molecular weight excluding hydrogens is 1120 g/mol. The van der Waals surface area contributed by atoms with Gasteiger partial charge >= 0.3 is 5.97 Å². The van der Waals surface area contributed by atoms with Crippen molar-refractivity contribution >= 4 is 5.97 Å². The van der Waals surface area contributed by atoms with Gasteiger partial charge in [-0.1, -0.05) is 53.2 Å². The van der Waals surface area contributed by atoms with Crippen molar-refractivity contribution in [2.45, 2.75) is 273 Å². The Morgan fingerprint density at radius 1 is 0.565 bits per heavy atom. The standard InChI is InChI=1S/C59H96O26/c1-24-34(63)38(67)42(71)49(78-24)83-46-29(20-60)80-48(45(74)41(46)70)77-22-30-37(66)40(69)44(73)51(81-30)85-53(75)59-17-15-54(3,4)19-27(59)26-9-10-32-55(5)13-12-33(56(6,23-61)31(55)11-14-58(32,8)57(26,7)16-18-59)82-52-47(36(65)28(62)21-76-52)84-50-43(72)39(68)35(64)25(2)79-50/h9,24-25,27-52,60-74H,10-23H2,1-8H3/t24-,25-,27?,28-,29+,30+,31?,32?,33-,34-,35-,36-,37+,38+,39+,40-,41+,42+,43+,44+,45+,46+,47+,48+,49-,50-,51-,52-,55-,56-,57+,58+,59-/m0/s1. The molecule has 26 nitrogen and oxygen atoms in total. The van der Waals surface area contributed by atoms with Gasteiger partial charge in [0, 0.05) is 5.41 Å². The second kappa shape index (κ2) is 24.4. The molecule has 3 unspecified atom stereocenters. The third-order valence-corrected chi connectivity index (χ3v) is 23.2. The van der Waals surface area contributed by atoms with Crippen LogP contribution in [-0.2, 0) is 52.2 Å². The summed E-state index contributed by atoms with van der Waals surface area (Å²) in [5, 5.41) is 163. The number of carbonyl (C=O) groups excluding carboxylic acids is 1. The Hall–Kier alpha value is -1.75. The molecule has 0 aromatic carbocycles. The van der Waals surface area contributed by atoms with Crippen LogP contribution in [0.5, 0.6) is 0 Å². The lowest BCUT2D eigenvalue weighted by Gasteiger charge is -2.71. The topological polar surface area (TPSA) is 413 Å². The zero-order chi connectivity index (χ0) is 62.0. The molecule has 0 amide bonds. The smallest absolute Gasteiger partial charge is 0.315 e. The zero-order valence-corrected chi connectivity index (χ0v) is 49.8. The maximum Gasteiger partial charge on any atom is 0.315 e. The van der Waals surface area contributed by atoms with Crippen LogP contribution < -0.4 is 0 Å². The van der Waals surface area contributed by atoms with E-state index in [0.717, 1.165) is 12.8 Å². The summed E-state index contributed by atoms with van der Waals surface area (Å²) in [5.74, 6) is -0.861. The van der Waals surface area contributed by atoms with E-state index < -0.39 is 189 Å². The van der Waals surface area contributed by atoms with Gasteiger partial charge < -0.3 is 124 Å². The summed E-state index contributed by atoms with van der Waals surface area (Å²) in [6.07, 6.45) is -29.6. The van der Waals surface area contributed by atoms with Crippen LogP contribution in [0.3, 0.4) is 0 Å². The first kappa shape index (κ1) is 66.2. The predicted octanol–water partition coefficient (Wildman–Crippen LogP) is -2.54. The minimum Gasteiger partial charge on any atom is -0.432 e. The van der Waals surface area contributed by atoms with Crippen molar-refractivity contribution < 1.29 is 129 Å². The SMILES string of the molecule is C[C@@H]1O[C@@H](O[C@H]2[C@H](O[C@H]3CC[C@@]4(C)C(CC[C@]5(C)C4CC=C4C6CC(C)(C)CC[C@]6(C(=O)O[C@@H]6O[C@H](CO[C@@H]7O[C@H](CO)[C@@H](O[C@@H]8O[C@@H](C)[C@H](O)[C@@H](O)[C@H]8O)[C@H](O)[C@H]7O)[C@@H](O)[C@H](O)[C@H]6O)CC[C@]45C)[C@]3(C)CO)OC[C@H](O)[C@@H]2O)[C@H](O)[C@H](O)[C@H]1O. The highest BCUT2D eigenvalue weighted by Crippen LogP contribution is 2.76. The Kier molecular flexibility index (Phi) is 19.0. The van der Waals surface area contributed by atoms with E-state index in [0.29, 0.717) is 51.4 Å². The van der Waals surface area contributed by atoms with Gasteiger partial charge in [0.2, 0.25) is 6.29 Å². The van der Waals surface area contributed by atoms with Gasteiger partial charge in [-0.3, -0.25) is 4.79 Å². The summed E-state index contributed by atoms with van der Waals surface area (Å²) in [6, 6.07) is 0. The van der Waals surface area contributed by atoms with Gasteiger partial charge in [0.15, 0.2) is 25.2 Å². The van der Waals surface area contributed by atoms with Crippen LogP contribution in [0.1, 0.15) is 120 Å². The Labute approximate surface area is 494 Å². The van der Waals surface area contributed by atoms with Crippen LogP contribution in [0.15, 0.2) is 11.6 Å². The summed E-state index contributed by atoms with van der Waals surface area (Å²) < 4.78 is 59.4. The molecule has 26 heteroatoms. The van der Waals surface area contributed by atoms with E-state index in [-0.39, 0.29) is 47.2 Å². The third-order valence-electron chi connectivity index (χ3n) is 23.2. The van der Waals surface area contributed by atoms with Crippen LogP contribution in [-0.4, -0.2) is 263 Å². The number of aliphatic hydroxyl groups is 15. The highest BCUT2D eigenvalue weighted by atomic mass is 16.8. The van der Waals surface area contributed by atoms with Crippen molar-refractivity contribution in [3.05, 3.63) is 11.6 Å². The molecule has 0 aromatic heterocycles. The first-order valence-corrected chi connectivity index (χ1v) is 30.6. The van der Waals surface area contributed by atoms with E-state index in [4.69, 9.17) is 47.4 Å². The number of aliphatic hydroxyl groups excluding tert-OH is 15. The van der Waals surface area contributed by atoms with Gasteiger partial charge in [-0.05, 0) is 117 Å². The number of fused-ring (bicyclic) bond motifs is 7. The highest BCUT2D eigenvalue weighted by Gasteiger charge is 2.71. The predicted molar refractivity (Wildman–Crippen MR) is 288 cm³/mol. The van der Waals surface area contributed by atoms with Crippen LogP contribution >= 0.6 is 0 Å². The number of allylic oxidation sites excluding steroid dienone is 2. The molecule has 4 saturated carbocycles. The fourth-order valence-corrected chi connectivity index (χ4v) is 17.5. The van der Waals surface area contributed by atoms with Gasteiger partial charge in [-0.15, -0.1) is 0 Å². The summed E-state index contributed by atoms with van der Waals surface area (Å²) >= 11 is 0. The molecule has 0 spiro atoms. The summed E-state index contributed by atoms with van der Waals surface area (Å²) in [4.78, 5) is 15.2. The molecule has 85 heavy (non-hydrogen) atoms. The van der Waals surface area contributed by atoms with E-state index in [1.807, 2.05) is 6.92 Å². The molecule has 0 aromatic rings. The Morgan fingerprint density at radius 2 is 1.14 bits per heavy atom. The minimum atomic E-state index is -1.90. The molecule has 0 bridgehead atoms. The molecule has 5 aliphatic carbocycles. The van der Waals surface area contributed by atoms with Gasteiger partial charge in [0.1, 0.15) is 104 Å². The van der Waals surface area contributed by atoms with Gasteiger partial charge in [-0.2, -0.15) is 0 Å². The molecule has 5 saturated heterocycles. The number of rotatable bonds is 13. The number of ether oxygens (including phenoxy) is 10. The number of hydrogen-bond donors (Lipinski definition) is 15. The molecule has 0 radical (unpaired) electrons. The maximum atomic E-state index is 15.2. The molecule has 10 aliphatic rings. The zero-order valence-electron chi connectivity index (χ0n) is 49.8. The summed E-state index contributed by atoms with van der Waals surface area (Å²) in [7, 11) is 0. The van der Waals surface area contributed by atoms with E-state index in [9.17, 15) is 76.6 Å². The molecule has 33 atom stereocenters. The number of carbonyl (C=O) groups is 1. The van der Waals surface area contributed by atoms with Crippen LogP contribution in [0, 0.1) is 50.2 Å². The van der Waals surface area contributed by atoms with Crippen LogP contribution in [0.2, 0.25) is 0 Å². The second-order valence-corrected chi connectivity index (χ2v) is 28.5. The van der Waals surface area contributed by atoms with E-state index in [1.165, 1.54) is 19.4 Å². The molecule has 10 rings (SSSR count). The van der Waals surface area contributed by atoms with Crippen molar-refractivity contribution in [3.8, 4) is 0 Å². The van der Waals surface area contributed by atoms with Gasteiger partial charge in [0.25, 0.3) is 0 Å². The van der Waals surface area contributed by atoms with E-state index in [1.54, 1.807) is 0 Å². The molecule has 15 N–H and O–H groups in total. The van der Waals surface area contributed by atoms with Crippen LogP contribution in [0.25, 0.3) is 0 Å². The minimum absolute atomic E-state index is 0.0670. The van der Waals surface area contributed by atoms with E-state index in [2.05, 4.69) is 40.7 Å². The number of hydrogen-bond acceptors (Lipinski definition) is 26. The molecule has 488 valence electrons. The average molecular weight is 1220 g/mol. The Bertz CT molecular complexity index is 2370. The number of esters is 1. The van der Waals surface area contributed by atoms with Gasteiger partial charge in [0.05, 0.1) is 50.2 Å².